The third-order valence-corrected chi connectivity index (χ3v) is 3.69. The van der Waals surface area contributed by atoms with Crippen LogP contribution >= 0.6 is 0 Å². The van der Waals surface area contributed by atoms with Gasteiger partial charge in [-0.3, -0.25) is 4.79 Å². The number of aliphatic carboxylic acids is 2. The van der Waals surface area contributed by atoms with E-state index in [0.29, 0.717) is 0 Å². The molecule has 13 nitrogen and oxygen atoms in total. The summed E-state index contributed by atoms with van der Waals surface area (Å²) in [5.74, 6) is -6.22. The van der Waals surface area contributed by atoms with Gasteiger partial charge in [-0.05, 0) is 12.8 Å². The zero-order chi connectivity index (χ0) is 18.4. The Balaban J connectivity index is -0.00000192. The second-order valence-electron chi connectivity index (χ2n) is 5.41. The van der Waals surface area contributed by atoms with Crippen molar-refractivity contribution in [2.45, 2.75) is 49.9 Å². The number of hydrogen-bond donors (Lipinski definition) is 7. The van der Waals surface area contributed by atoms with Crippen LogP contribution in [-0.4, -0.2) is 75.5 Å². The maximum absolute atomic E-state index is 11.7. The summed E-state index contributed by atoms with van der Waals surface area (Å²) in [4.78, 5) is 32.8. The smallest absolute Gasteiger partial charge is 0.549 e. The van der Waals surface area contributed by atoms with Gasteiger partial charge in [0.15, 0.2) is 6.29 Å². The molecule has 0 bridgehead atoms. The first-order chi connectivity index (χ1) is 11.2. The van der Waals surface area contributed by atoms with Crippen molar-refractivity contribution in [3.63, 3.8) is 0 Å². The standard InChI is InChI=1S/C13H21NO10.2H3N.Pt/c15-4-6-9(17)10(18)8(13(23)24-6)14-7(16)3-1-2-5(11(19)20)12(21)22;;;/h5-6,8-10,13,15,17-18,23H,1-4H2,(H,14,16)(H,19,20)(H,21,22);2*1H3;/q;;;+2/p-2/t6-,8-,9-,10-,13?;;;/m1.../s1. The van der Waals surface area contributed by atoms with Crippen LogP contribution < -0.4 is 27.8 Å². The summed E-state index contributed by atoms with van der Waals surface area (Å²) in [5.41, 5.74) is 0. The van der Waals surface area contributed by atoms with Gasteiger partial charge in [0.05, 0.1) is 18.5 Å². The predicted molar refractivity (Wildman–Crippen MR) is 79.3 cm³/mol. The van der Waals surface area contributed by atoms with Crippen LogP contribution in [0.3, 0.4) is 0 Å². The van der Waals surface area contributed by atoms with Crippen molar-refractivity contribution in [3.05, 3.63) is 0 Å². The molecule has 1 amide bonds. The molecule has 0 aromatic rings. The van der Waals surface area contributed by atoms with Crippen LogP contribution in [0.1, 0.15) is 19.3 Å². The van der Waals surface area contributed by atoms with Crippen molar-refractivity contribution in [1.29, 1.82) is 0 Å². The van der Waals surface area contributed by atoms with Gasteiger partial charge in [0.2, 0.25) is 5.91 Å². The van der Waals surface area contributed by atoms with E-state index in [1.807, 2.05) is 0 Å². The monoisotopic (exact) mass is 578 g/mol. The van der Waals surface area contributed by atoms with Gasteiger partial charge in [0.1, 0.15) is 24.4 Å². The van der Waals surface area contributed by atoms with Gasteiger partial charge >= 0.3 is 21.1 Å². The van der Waals surface area contributed by atoms with Crippen LogP contribution in [0, 0.1) is 5.92 Å². The fourth-order valence-corrected chi connectivity index (χ4v) is 2.31. The molecule has 1 aliphatic heterocycles. The van der Waals surface area contributed by atoms with E-state index in [1.54, 1.807) is 0 Å². The molecule has 5 atom stereocenters. The van der Waals surface area contributed by atoms with Gasteiger partial charge < -0.3 is 62.6 Å². The molecular weight excluding hydrogens is 553 g/mol. The molecule has 11 N–H and O–H groups in total. The summed E-state index contributed by atoms with van der Waals surface area (Å²) in [5, 5.41) is 61.4. The summed E-state index contributed by atoms with van der Waals surface area (Å²) in [7, 11) is 0. The van der Waals surface area contributed by atoms with Crippen LogP contribution in [0.15, 0.2) is 0 Å². The van der Waals surface area contributed by atoms with Crippen LogP contribution in [-0.2, 0) is 40.2 Å². The molecule has 1 aliphatic rings. The summed E-state index contributed by atoms with van der Waals surface area (Å²) in [6.45, 7) is -0.649. The molecule has 0 aliphatic carbocycles. The molecule has 0 radical (unpaired) electrons. The zero-order valence-corrected chi connectivity index (χ0v) is 16.5. The molecule has 0 aromatic heterocycles. The second-order valence-corrected chi connectivity index (χ2v) is 5.41. The van der Waals surface area contributed by atoms with Gasteiger partial charge in [-0.1, -0.05) is 0 Å². The van der Waals surface area contributed by atoms with E-state index in [9.17, 15) is 39.9 Å². The minimum atomic E-state index is -1.85. The minimum Gasteiger partial charge on any atom is -0.549 e. The van der Waals surface area contributed by atoms with Crippen molar-refractivity contribution >= 4 is 17.8 Å². The Labute approximate surface area is 169 Å². The SMILES string of the molecule is N.N.O=C(CCCC(C(=O)[O-])C(=O)[O-])N[C@H]1C(O)O[C@H](CO)[C@@H](O)[C@@H]1O.[Pt+2]. The molecule has 0 aromatic carbocycles. The van der Waals surface area contributed by atoms with Crippen LogP contribution in [0.2, 0.25) is 0 Å². The molecule has 14 heteroatoms. The molecule has 0 saturated carbocycles. The fraction of sp³-hybridized carbons (Fsp3) is 0.769. The third-order valence-electron chi connectivity index (χ3n) is 3.69. The van der Waals surface area contributed by atoms with E-state index in [-0.39, 0.29) is 52.6 Å². The normalized spacial score (nSPS) is 26.8. The maximum atomic E-state index is 11.7. The molecule has 0 spiro atoms. The van der Waals surface area contributed by atoms with Gasteiger partial charge in [-0.2, -0.15) is 0 Å². The number of hydrogen-bond acceptors (Lipinski definition) is 12. The van der Waals surface area contributed by atoms with Crippen molar-refractivity contribution in [2.75, 3.05) is 6.61 Å². The Morgan fingerprint density at radius 2 is 1.56 bits per heavy atom. The maximum Gasteiger partial charge on any atom is 2.00 e. The molecule has 1 rings (SSSR count). The number of aliphatic hydroxyl groups excluding tert-OH is 4. The number of aliphatic hydroxyl groups is 4. The molecule has 1 fully saturated rings. The largest absolute Gasteiger partial charge is 2.00 e. The Morgan fingerprint density at radius 3 is 2.00 bits per heavy atom. The first-order valence-corrected chi connectivity index (χ1v) is 7.20. The summed E-state index contributed by atoms with van der Waals surface area (Å²) >= 11 is 0. The number of nitrogens with one attached hydrogen (secondary N) is 1. The van der Waals surface area contributed by atoms with E-state index < -0.39 is 61.0 Å². The molecule has 1 unspecified atom stereocenters. The van der Waals surface area contributed by atoms with Crippen molar-refractivity contribution in [1.82, 2.24) is 17.6 Å². The first-order valence-electron chi connectivity index (χ1n) is 7.20. The molecule has 27 heavy (non-hydrogen) atoms. The van der Waals surface area contributed by atoms with Gasteiger partial charge in [0.25, 0.3) is 0 Å². The van der Waals surface area contributed by atoms with Crippen LogP contribution in [0.4, 0.5) is 0 Å². The average Bonchev–Trinajstić information content (AvgIpc) is 2.50. The number of carboxylic acids is 2. The Morgan fingerprint density at radius 1 is 1.04 bits per heavy atom. The molecule has 1 heterocycles. The van der Waals surface area contributed by atoms with E-state index in [4.69, 9.17) is 9.84 Å². The predicted octanol–water partition coefficient (Wildman–Crippen LogP) is -5.49. The molecule has 1 saturated heterocycles. The quantitative estimate of drug-likeness (QED) is 0.133. The van der Waals surface area contributed by atoms with E-state index in [1.165, 1.54) is 0 Å². The van der Waals surface area contributed by atoms with E-state index in [2.05, 4.69) is 5.32 Å². The fourth-order valence-electron chi connectivity index (χ4n) is 2.31. The van der Waals surface area contributed by atoms with Crippen molar-refractivity contribution in [3.8, 4) is 0 Å². The van der Waals surface area contributed by atoms with Crippen LogP contribution in [0.25, 0.3) is 0 Å². The number of ether oxygens (including phenoxy) is 1. The number of rotatable bonds is 8. The van der Waals surface area contributed by atoms with Crippen molar-refractivity contribution < 1.29 is 70.8 Å². The average molecular weight is 578 g/mol. The number of carbonyl (C=O) groups is 3. The van der Waals surface area contributed by atoms with Gasteiger partial charge in [0, 0.05) is 12.3 Å². The number of carboxylic acid groups (broad SMARTS) is 2. The third kappa shape index (κ3) is 8.58. The Kier molecular flexibility index (Phi) is 15.7. The van der Waals surface area contributed by atoms with Crippen LogP contribution in [0.5, 0.6) is 0 Å². The number of carbonyl (C=O) groups excluding carboxylic acids is 3. The summed E-state index contributed by atoms with van der Waals surface area (Å²) in [6, 6.07) is -1.37. The summed E-state index contributed by atoms with van der Waals surface area (Å²) < 4.78 is 4.85. The van der Waals surface area contributed by atoms with Gasteiger partial charge in [-0.15, -0.1) is 0 Å². The second kappa shape index (κ2) is 13.9. The molecule has 162 valence electrons. The number of amides is 1. The van der Waals surface area contributed by atoms with E-state index >= 15 is 0 Å². The minimum absolute atomic E-state index is 0. The molecular formula is C13H25N3O10Pt. The van der Waals surface area contributed by atoms with Crippen molar-refractivity contribution in [2.24, 2.45) is 5.92 Å². The Bertz CT molecular complexity index is 469. The topological polar surface area (TPSA) is 270 Å². The first kappa shape index (κ1) is 30.5. The Hall–Kier alpha value is -1.18. The van der Waals surface area contributed by atoms with E-state index in [0.717, 1.165) is 0 Å². The zero-order valence-electron chi connectivity index (χ0n) is 14.3. The summed E-state index contributed by atoms with van der Waals surface area (Å²) in [6.07, 6.45) is -6.84. The van der Waals surface area contributed by atoms with Gasteiger partial charge in [-0.25, -0.2) is 0 Å².